The van der Waals surface area contributed by atoms with Gasteiger partial charge < -0.3 is 5.11 Å². The van der Waals surface area contributed by atoms with Gasteiger partial charge in [-0.3, -0.25) is 19.5 Å². The van der Waals surface area contributed by atoms with Crippen LogP contribution in [0, 0.1) is 13.8 Å². The summed E-state index contributed by atoms with van der Waals surface area (Å²) in [5.74, 6) is -1.72. The molecule has 31 heavy (non-hydrogen) atoms. The summed E-state index contributed by atoms with van der Waals surface area (Å²) in [6.45, 7) is 3.70. The molecule has 2 aromatic carbocycles. The average molecular weight is 498 g/mol. The molecule has 1 saturated heterocycles. The Balaban J connectivity index is 1.97. The summed E-state index contributed by atoms with van der Waals surface area (Å²) in [4.78, 5) is 32.1. The van der Waals surface area contributed by atoms with Gasteiger partial charge in [-0.15, -0.1) is 0 Å². The first-order chi connectivity index (χ1) is 14.8. The number of aromatic nitrogens is 1. The Morgan fingerprint density at radius 1 is 1.06 bits per heavy atom. The number of rotatable bonds is 3. The summed E-state index contributed by atoms with van der Waals surface area (Å²) in [6.07, 6.45) is 1.59. The minimum Gasteiger partial charge on any atom is -0.507 e. The lowest BCUT2D eigenvalue weighted by Crippen LogP contribution is -2.30. The zero-order valence-electron chi connectivity index (χ0n) is 16.8. The molecule has 2 heterocycles. The van der Waals surface area contributed by atoms with Crippen molar-refractivity contribution in [3.8, 4) is 0 Å². The standard InChI is InChI=1S/C24H18BrClN2O3/c1-13-11-15(6-8-17(13)25)22(29)20-21(18-5-3-4-10-27-18)28(24(31)23(20)30)19-9-7-16(26)12-14(19)2/h3-12,21,29H,1-2H3/b22-20+. The molecule has 1 N–H and O–H groups in total. The maximum Gasteiger partial charge on any atom is 0.300 e. The first kappa shape index (κ1) is 21.3. The van der Waals surface area contributed by atoms with Crippen molar-refractivity contribution in [3.63, 3.8) is 0 Å². The number of carbonyl (C=O) groups excluding carboxylic acids is 2. The van der Waals surface area contributed by atoms with Gasteiger partial charge in [-0.2, -0.15) is 0 Å². The predicted molar refractivity (Wildman–Crippen MR) is 124 cm³/mol. The minimum absolute atomic E-state index is 0.000211. The van der Waals surface area contributed by atoms with Gasteiger partial charge in [-0.1, -0.05) is 39.7 Å². The monoisotopic (exact) mass is 496 g/mol. The van der Waals surface area contributed by atoms with Gasteiger partial charge in [0, 0.05) is 26.9 Å². The largest absolute Gasteiger partial charge is 0.507 e. The van der Waals surface area contributed by atoms with Crippen molar-refractivity contribution < 1.29 is 14.7 Å². The number of nitrogens with zero attached hydrogens (tertiary/aromatic N) is 2. The number of aliphatic hydroxyl groups excluding tert-OH is 1. The number of Topliss-reactive ketones (excluding diaryl/α,β-unsaturated/α-hetero) is 1. The fraction of sp³-hybridized carbons (Fsp3) is 0.125. The van der Waals surface area contributed by atoms with Crippen LogP contribution in [0.2, 0.25) is 5.02 Å². The highest BCUT2D eigenvalue weighted by atomic mass is 79.9. The van der Waals surface area contributed by atoms with E-state index in [0.717, 1.165) is 15.6 Å². The molecule has 0 aliphatic carbocycles. The number of carbonyl (C=O) groups is 2. The SMILES string of the molecule is Cc1cc(/C(O)=C2\C(=O)C(=O)N(c3ccc(Cl)cc3C)C2c2ccccn2)ccc1Br. The number of aliphatic hydroxyl groups is 1. The van der Waals surface area contributed by atoms with Crippen molar-refractivity contribution in [2.24, 2.45) is 0 Å². The molecule has 1 atom stereocenters. The van der Waals surface area contributed by atoms with Crippen LogP contribution in [0.25, 0.3) is 5.76 Å². The molecule has 0 saturated carbocycles. The number of benzene rings is 2. The van der Waals surface area contributed by atoms with E-state index in [0.29, 0.717) is 22.0 Å². The lowest BCUT2D eigenvalue weighted by atomic mass is 9.97. The van der Waals surface area contributed by atoms with E-state index in [9.17, 15) is 14.7 Å². The van der Waals surface area contributed by atoms with Crippen LogP contribution in [0.4, 0.5) is 5.69 Å². The van der Waals surface area contributed by atoms with Gasteiger partial charge in [-0.05, 0) is 67.4 Å². The lowest BCUT2D eigenvalue weighted by Gasteiger charge is -2.26. The van der Waals surface area contributed by atoms with Crippen LogP contribution in [0.15, 0.2) is 70.8 Å². The van der Waals surface area contributed by atoms with Crippen molar-refractivity contribution in [2.75, 3.05) is 4.90 Å². The Morgan fingerprint density at radius 3 is 2.48 bits per heavy atom. The molecule has 5 nitrogen and oxygen atoms in total. The zero-order valence-corrected chi connectivity index (χ0v) is 19.1. The van der Waals surface area contributed by atoms with E-state index in [1.807, 2.05) is 13.8 Å². The number of hydrogen-bond acceptors (Lipinski definition) is 4. The number of hydrogen-bond donors (Lipinski definition) is 1. The molecule has 7 heteroatoms. The smallest absolute Gasteiger partial charge is 0.300 e. The van der Waals surface area contributed by atoms with Crippen LogP contribution < -0.4 is 4.90 Å². The van der Waals surface area contributed by atoms with Crippen LogP contribution in [0.3, 0.4) is 0 Å². The molecule has 0 spiro atoms. The van der Waals surface area contributed by atoms with Crippen LogP contribution >= 0.6 is 27.5 Å². The molecule has 0 bridgehead atoms. The van der Waals surface area contributed by atoms with Gasteiger partial charge in [0.25, 0.3) is 11.7 Å². The van der Waals surface area contributed by atoms with Gasteiger partial charge in [-0.25, -0.2) is 0 Å². The fourth-order valence-electron chi connectivity index (χ4n) is 3.74. The number of anilines is 1. The number of aryl methyl sites for hydroxylation is 2. The van der Waals surface area contributed by atoms with E-state index >= 15 is 0 Å². The van der Waals surface area contributed by atoms with Crippen LogP contribution in [0.5, 0.6) is 0 Å². The number of ketones is 1. The molecule has 3 aromatic rings. The third-order valence-corrected chi connectivity index (χ3v) is 6.39. The van der Waals surface area contributed by atoms with Gasteiger partial charge in [0.05, 0.1) is 11.3 Å². The summed E-state index contributed by atoms with van der Waals surface area (Å²) in [6, 6.07) is 14.7. The van der Waals surface area contributed by atoms with E-state index in [2.05, 4.69) is 20.9 Å². The molecule has 1 aromatic heterocycles. The summed E-state index contributed by atoms with van der Waals surface area (Å²) in [5, 5.41) is 11.7. The molecule has 4 rings (SSSR count). The molecule has 1 aliphatic rings. The summed E-state index contributed by atoms with van der Waals surface area (Å²) < 4.78 is 0.877. The molecule has 156 valence electrons. The van der Waals surface area contributed by atoms with Gasteiger partial charge in [0.1, 0.15) is 11.8 Å². The van der Waals surface area contributed by atoms with Crippen LogP contribution in [-0.2, 0) is 9.59 Å². The molecule has 1 unspecified atom stereocenters. The van der Waals surface area contributed by atoms with Gasteiger partial charge in [0.2, 0.25) is 0 Å². The fourth-order valence-corrected chi connectivity index (χ4v) is 4.21. The Morgan fingerprint density at radius 2 is 1.84 bits per heavy atom. The maximum atomic E-state index is 13.2. The Labute approximate surface area is 193 Å². The highest BCUT2D eigenvalue weighted by Crippen LogP contribution is 2.43. The van der Waals surface area contributed by atoms with E-state index < -0.39 is 17.7 Å². The molecule has 0 radical (unpaired) electrons. The second-order valence-electron chi connectivity index (χ2n) is 7.32. The van der Waals surface area contributed by atoms with E-state index in [1.165, 1.54) is 4.90 Å². The van der Waals surface area contributed by atoms with Crippen LogP contribution in [-0.4, -0.2) is 21.8 Å². The van der Waals surface area contributed by atoms with E-state index in [1.54, 1.807) is 60.8 Å². The second-order valence-corrected chi connectivity index (χ2v) is 8.61. The Hall–Kier alpha value is -2.96. The highest BCUT2D eigenvalue weighted by Gasteiger charge is 2.48. The van der Waals surface area contributed by atoms with Crippen LogP contribution in [0.1, 0.15) is 28.4 Å². The maximum absolute atomic E-state index is 13.2. The van der Waals surface area contributed by atoms with Crippen molar-refractivity contribution >= 4 is 50.7 Å². The third kappa shape index (κ3) is 3.77. The summed E-state index contributed by atoms with van der Waals surface area (Å²) >= 11 is 9.53. The Kier molecular flexibility index (Phi) is 5.69. The predicted octanol–water partition coefficient (Wildman–Crippen LogP) is 5.74. The molecule has 1 fully saturated rings. The topological polar surface area (TPSA) is 70.5 Å². The van der Waals surface area contributed by atoms with Crippen molar-refractivity contribution in [1.29, 1.82) is 0 Å². The molecular weight excluding hydrogens is 480 g/mol. The number of amides is 1. The first-order valence-corrected chi connectivity index (χ1v) is 10.7. The van der Waals surface area contributed by atoms with E-state index in [4.69, 9.17) is 11.6 Å². The third-order valence-electron chi connectivity index (χ3n) is 5.26. The Bertz CT molecular complexity index is 1240. The number of halogens is 2. The number of pyridine rings is 1. The summed E-state index contributed by atoms with van der Waals surface area (Å²) in [7, 11) is 0. The first-order valence-electron chi connectivity index (χ1n) is 9.54. The van der Waals surface area contributed by atoms with Crippen molar-refractivity contribution in [2.45, 2.75) is 19.9 Å². The normalized spacial score (nSPS) is 17.9. The molecular formula is C24H18BrClN2O3. The van der Waals surface area contributed by atoms with E-state index in [-0.39, 0.29) is 11.3 Å². The lowest BCUT2D eigenvalue weighted by molar-refractivity contribution is -0.132. The van der Waals surface area contributed by atoms with Crippen molar-refractivity contribution in [3.05, 3.63) is 98.2 Å². The highest BCUT2D eigenvalue weighted by molar-refractivity contribution is 9.10. The molecule has 1 amide bonds. The molecule has 1 aliphatic heterocycles. The van der Waals surface area contributed by atoms with Gasteiger partial charge in [0.15, 0.2) is 0 Å². The quantitative estimate of drug-likeness (QED) is 0.284. The minimum atomic E-state index is -0.870. The van der Waals surface area contributed by atoms with Gasteiger partial charge >= 0.3 is 0 Å². The zero-order chi connectivity index (χ0) is 22.3. The average Bonchev–Trinajstić information content (AvgIpc) is 3.01. The van der Waals surface area contributed by atoms with Crippen molar-refractivity contribution in [1.82, 2.24) is 4.98 Å². The summed E-state index contributed by atoms with van der Waals surface area (Å²) in [5.41, 5.74) is 3.09. The second kappa shape index (κ2) is 8.29.